The van der Waals surface area contributed by atoms with Crippen LogP contribution in [0.15, 0.2) is 23.3 Å². The fourth-order valence-corrected chi connectivity index (χ4v) is 0.926. The van der Waals surface area contributed by atoms with E-state index in [0.29, 0.717) is 0 Å². The van der Waals surface area contributed by atoms with Crippen molar-refractivity contribution in [1.82, 2.24) is 0 Å². The molecule has 0 unspecified atom stereocenters. The molecule has 0 aromatic carbocycles. The van der Waals surface area contributed by atoms with Crippen molar-refractivity contribution in [3.8, 4) is 0 Å². The van der Waals surface area contributed by atoms with E-state index in [1.807, 2.05) is 0 Å². The summed E-state index contributed by atoms with van der Waals surface area (Å²) in [5.74, 6) is 0. The Morgan fingerprint density at radius 3 is 2.50 bits per heavy atom. The van der Waals surface area contributed by atoms with Crippen LogP contribution in [0, 0.1) is 6.42 Å². The van der Waals surface area contributed by atoms with Crippen LogP contribution in [0.4, 0.5) is 0 Å². The van der Waals surface area contributed by atoms with Gasteiger partial charge in [-0.2, -0.15) is 0 Å². The zero-order chi connectivity index (χ0) is 5.98. The second kappa shape index (κ2) is 2.17. The van der Waals surface area contributed by atoms with Crippen molar-refractivity contribution in [3.63, 3.8) is 0 Å². The van der Waals surface area contributed by atoms with Gasteiger partial charge in [-0.15, -0.1) is 0 Å². The summed E-state index contributed by atoms with van der Waals surface area (Å²) >= 11 is 0. The van der Waals surface area contributed by atoms with E-state index < -0.39 is 0 Å². The lowest BCUT2D eigenvalue weighted by molar-refractivity contribution is 1.11. The molecule has 0 aromatic heterocycles. The average Bonchev–Trinajstić information content (AvgIpc) is 1.64. The molecule has 0 saturated carbocycles. The van der Waals surface area contributed by atoms with Gasteiger partial charge in [-0.05, 0) is 26.7 Å². The fourth-order valence-electron chi connectivity index (χ4n) is 0.926. The molecule has 0 atom stereocenters. The van der Waals surface area contributed by atoms with Gasteiger partial charge in [0.05, 0.1) is 0 Å². The van der Waals surface area contributed by atoms with Gasteiger partial charge in [0.1, 0.15) is 0 Å². The van der Waals surface area contributed by atoms with Gasteiger partial charge in [0.15, 0.2) is 0 Å². The summed E-state index contributed by atoms with van der Waals surface area (Å²) in [4.78, 5) is 0. The maximum absolute atomic E-state index is 2.22. The third-order valence-electron chi connectivity index (χ3n) is 1.29. The molecule has 1 rings (SSSR count). The summed E-state index contributed by atoms with van der Waals surface area (Å²) in [5, 5.41) is 0. The molecule has 43 valence electrons. The monoisotopic (exact) mass is 107 g/mol. The number of rotatable bonds is 0. The van der Waals surface area contributed by atoms with Crippen LogP contribution >= 0.6 is 0 Å². The molecule has 0 heteroatoms. The minimum atomic E-state index is 1.14. The van der Waals surface area contributed by atoms with Crippen LogP contribution in [0.5, 0.6) is 0 Å². The highest BCUT2D eigenvalue weighted by Gasteiger charge is 1.94. The van der Waals surface area contributed by atoms with Crippen molar-refractivity contribution in [2.24, 2.45) is 0 Å². The van der Waals surface area contributed by atoms with Crippen molar-refractivity contribution in [2.75, 3.05) is 0 Å². The van der Waals surface area contributed by atoms with E-state index in [4.69, 9.17) is 0 Å². The summed E-state index contributed by atoms with van der Waals surface area (Å²) in [5.41, 5.74) is 2.83. The van der Waals surface area contributed by atoms with E-state index in [1.54, 1.807) is 0 Å². The van der Waals surface area contributed by atoms with E-state index in [1.165, 1.54) is 11.1 Å². The van der Waals surface area contributed by atoms with Crippen molar-refractivity contribution < 1.29 is 0 Å². The predicted molar refractivity (Wildman–Crippen MR) is 36.4 cm³/mol. The number of allylic oxidation sites excluding steroid dienone is 4. The quantitative estimate of drug-likeness (QED) is 0.446. The van der Waals surface area contributed by atoms with Gasteiger partial charge in [-0.1, -0.05) is 23.3 Å². The Hall–Kier alpha value is -0.520. The summed E-state index contributed by atoms with van der Waals surface area (Å²) in [6.45, 7) is 4.28. The lowest BCUT2D eigenvalue weighted by atomic mass is 10.0. The van der Waals surface area contributed by atoms with Gasteiger partial charge in [0.25, 0.3) is 0 Å². The minimum Gasteiger partial charge on any atom is -0.0776 e. The highest BCUT2D eigenvalue weighted by atomic mass is 14.0. The molecule has 0 fully saturated rings. The molecular formula is C8H11. The first kappa shape index (κ1) is 5.61. The zero-order valence-corrected chi connectivity index (χ0v) is 5.44. The van der Waals surface area contributed by atoms with Gasteiger partial charge in [-0.3, -0.25) is 0 Å². The minimum absolute atomic E-state index is 1.14. The predicted octanol–water partition coefficient (Wildman–Crippen LogP) is 2.49. The van der Waals surface area contributed by atoms with E-state index >= 15 is 0 Å². The first-order chi connectivity index (χ1) is 3.79. The lowest BCUT2D eigenvalue weighted by Gasteiger charge is -2.04. The standard InChI is InChI=1S/C8H11/c1-7-4-3-5-8(2)6-7/h3-4,6H,5H2,1-2H3. The molecule has 8 heavy (non-hydrogen) atoms. The molecule has 0 nitrogen and oxygen atoms in total. The van der Waals surface area contributed by atoms with Crippen molar-refractivity contribution in [1.29, 1.82) is 0 Å². The van der Waals surface area contributed by atoms with E-state index in [9.17, 15) is 0 Å². The van der Waals surface area contributed by atoms with Gasteiger partial charge in [-0.25, -0.2) is 0 Å². The van der Waals surface area contributed by atoms with Crippen molar-refractivity contribution in [2.45, 2.75) is 20.3 Å². The van der Waals surface area contributed by atoms with Crippen LogP contribution in [0.2, 0.25) is 0 Å². The summed E-state index contributed by atoms with van der Waals surface area (Å²) < 4.78 is 0. The fraction of sp³-hybridized carbons (Fsp3) is 0.375. The molecule has 1 aliphatic carbocycles. The molecule has 0 aromatic rings. The lowest BCUT2D eigenvalue weighted by Crippen LogP contribution is -1.85. The summed E-state index contributed by atoms with van der Waals surface area (Å²) in [7, 11) is 0. The molecule has 0 spiro atoms. The molecule has 1 radical (unpaired) electrons. The number of hydrogen-bond acceptors (Lipinski definition) is 0. The van der Waals surface area contributed by atoms with Crippen LogP contribution < -0.4 is 0 Å². The molecule has 0 saturated heterocycles. The van der Waals surface area contributed by atoms with E-state index in [0.717, 1.165) is 6.42 Å². The average molecular weight is 107 g/mol. The Morgan fingerprint density at radius 1 is 1.38 bits per heavy atom. The first-order valence-electron chi connectivity index (χ1n) is 2.96. The van der Waals surface area contributed by atoms with Crippen LogP contribution in [0.3, 0.4) is 0 Å². The zero-order valence-electron chi connectivity index (χ0n) is 5.44. The Morgan fingerprint density at radius 2 is 2.12 bits per heavy atom. The second-order valence-corrected chi connectivity index (χ2v) is 2.34. The number of hydrogen-bond donors (Lipinski definition) is 0. The maximum Gasteiger partial charge on any atom is -0.0124 e. The van der Waals surface area contributed by atoms with Gasteiger partial charge in [0.2, 0.25) is 0 Å². The first-order valence-corrected chi connectivity index (χ1v) is 2.96. The molecule has 0 aliphatic heterocycles. The van der Waals surface area contributed by atoms with Crippen LogP contribution in [-0.4, -0.2) is 0 Å². The smallest absolute Gasteiger partial charge is 0.0124 e. The summed E-state index contributed by atoms with van der Waals surface area (Å²) in [6, 6.07) is 0. The second-order valence-electron chi connectivity index (χ2n) is 2.34. The highest BCUT2D eigenvalue weighted by molar-refractivity contribution is 5.29. The normalized spacial score (nSPS) is 19.8. The SMILES string of the molecule is CC1=C[CH]CC(C)=C1. The third-order valence-corrected chi connectivity index (χ3v) is 1.29. The van der Waals surface area contributed by atoms with Crippen LogP contribution in [0.25, 0.3) is 0 Å². The largest absolute Gasteiger partial charge is 0.0776 e. The molecular weight excluding hydrogens is 96.1 g/mol. The molecule has 0 bridgehead atoms. The van der Waals surface area contributed by atoms with Crippen molar-refractivity contribution >= 4 is 0 Å². The van der Waals surface area contributed by atoms with Crippen LogP contribution in [-0.2, 0) is 0 Å². The van der Waals surface area contributed by atoms with Crippen LogP contribution in [0.1, 0.15) is 20.3 Å². The maximum atomic E-state index is 2.22. The van der Waals surface area contributed by atoms with Crippen molar-refractivity contribution in [3.05, 3.63) is 29.7 Å². The molecule has 0 heterocycles. The van der Waals surface area contributed by atoms with E-state index in [-0.39, 0.29) is 0 Å². The van der Waals surface area contributed by atoms with Gasteiger partial charge >= 0.3 is 0 Å². The Kier molecular flexibility index (Phi) is 1.52. The topological polar surface area (TPSA) is 0 Å². The van der Waals surface area contributed by atoms with E-state index in [2.05, 4.69) is 32.4 Å². The Balaban J connectivity index is 2.69. The van der Waals surface area contributed by atoms with Gasteiger partial charge in [0, 0.05) is 0 Å². The molecule has 0 N–H and O–H groups in total. The molecule has 1 aliphatic rings. The Bertz CT molecular complexity index is 138. The summed E-state index contributed by atoms with van der Waals surface area (Å²) in [6.07, 6.45) is 7.72. The Labute approximate surface area is 50.9 Å². The third kappa shape index (κ3) is 1.22. The van der Waals surface area contributed by atoms with Gasteiger partial charge < -0.3 is 0 Å². The highest BCUT2D eigenvalue weighted by Crippen LogP contribution is 2.14. The molecule has 0 amide bonds.